The molecule has 31 heavy (non-hydrogen) atoms. The number of rotatable bonds is 5. The molecule has 0 saturated heterocycles. The van der Waals surface area contributed by atoms with Crippen molar-refractivity contribution in [2.75, 3.05) is 12.1 Å². The lowest BCUT2D eigenvalue weighted by Gasteiger charge is -2.36. The Kier molecular flexibility index (Phi) is 5.16. The Morgan fingerprint density at radius 1 is 1.00 bits per heavy atom. The first-order chi connectivity index (χ1) is 15.2. The van der Waals surface area contributed by atoms with Gasteiger partial charge in [-0.1, -0.05) is 31.4 Å². The number of hydrogen-bond donors (Lipinski definition) is 1. The highest BCUT2D eigenvalue weighted by molar-refractivity contribution is 5.99. The van der Waals surface area contributed by atoms with Gasteiger partial charge in [-0.2, -0.15) is 0 Å². The first kappa shape index (κ1) is 19.4. The van der Waals surface area contributed by atoms with E-state index in [4.69, 9.17) is 14.2 Å². The van der Waals surface area contributed by atoms with Gasteiger partial charge >= 0.3 is 0 Å². The maximum Gasteiger partial charge on any atom is 0.237 e. The van der Waals surface area contributed by atoms with Gasteiger partial charge < -0.3 is 19.5 Å². The highest BCUT2D eigenvalue weighted by atomic mass is 16.7. The minimum atomic E-state index is -0.596. The van der Waals surface area contributed by atoms with E-state index in [2.05, 4.69) is 15.3 Å². The predicted octanol–water partition coefficient (Wildman–Crippen LogP) is 4.84. The monoisotopic (exact) mass is 417 g/mol. The van der Waals surface area contributed by atoms with Crippen LogP contribution in [0.5, 0.6) is 23.1 Å². The van der Waals surface area contributed by atoms with Gasteiger partial charge in [0.15, 0.2) is 11.5 Å². The summed E-state index contributed by atoms with van der Waals surface area (Å²) in [5.41, 5.74) is 1.05. The van der Waals surface area contributed by atoms with Crippen LogP contribution >= 0.6 is 0 Å². The van der Waals surface area contributed by atoms with Gasteiger partial charge in [-0.05, 0) is 42.7 Å². The highest BCUT2D eigenvalue weighted by Crippen LogP contribution is 2.44. The molecule has 2 aromatic carbocycles. The largest absolute Gasteiger partial charge is 0.454 e. The number of amides is 1. The van der Waals surface area contributed by atoms with E-state index >= 15 is 0 Å². The molecule has 3 aromatic rings. The first-order valence-corrected chi connectivity index (χ1v) is 10.5. The van der Waals surface area contributed by atoms with E-state index in [0.717, 1.165) is 43.4 Å². The number of aromatic nitrogens is 2. The Balaban J connectivity index is 1.40. The number of hydrogen-bond acceptors (Lipinski definition) is 6. The molecule has 0 atom stereocenters. The number of benzene rings is 2. The summed E-state index contributed by atoms with van der Waals surface area (Å²) in [4.78, 5) is 21.7. The SMILES string of the molecule is O=C(Nc1cccc(Oc2cnccn2)c1)C1(c2ccc3c(c2)OCO3)CCCCC1. The third-order valence-corrected chi connectivity index (χ3v) is 5.92. The normalized spacial score (nSPS) is 16.5. The Labute approximate surface area is 180 Å². The molecule has 0 bridgehead atoms. The molecule has 1 fully saturated rings. The second kappa shape index (κ2) is 8.26. The second-order valence-corrected chi connectivity index (χ2v) is 7.84. The van der Waals surface area contributed by atoms with Crippen molar-refractivity contribution in [3.8, 4) is 23.1 Å². The van der Waals surface area contributed by atoms with Crippen molar-refractivity contribution < 1.29 is 19.0 Å². The third-order valence-electron chi connectivity index (χ3n) is 5.92. The Morgan fingerprint density at radius 3 is 2.71 bits per heavy atom. The average molecular weight is 417 g/mol. The van der Waals surface area contributed by atoms with E-state index in [1.807, 2.05) is 36.4 Å². The van der Waals surface area contributed by atoms with Crippen LogP contribution in [0.25, 0.3) is 0 Å². The molecule has 1 aliphatic heterocycles. The van der Waals surface area contributed by atoms with Crippen LogP contribution in [0.2, 0.25) is 0 Å². The summed E-state index contributed by atoms with van der Waals surface area (Å²) < 4.78 is 16.8. The average Bonchev–Trinajstić information content (AvgIpc) is 3.28. The molecule has 158 valence electrons. The fourth-order valence-electron chi connectivity index (χ4n) is 4.34. The van der Waals surface area contributed by atoms with Crippen molar-refractivity contribution in [1.29, 1.82) is 0 Å². The number of ether oxygens (including phenoxy) is 3. The number of carbonyl (C=O) groups is 1. The van der Waals surface area contributed by atoms with Gasteiger partial charge in [0.2, 0.25) is 18.6 Å². The molecule has 7 heteroatoms. The number of fused-ring (bicyclic) bond motifs is 1. The number of anilines is 1. The Bertz CT molecular complexity index is 1080. The number of nitrogens with one attached hydrogen (secondary N) is 1. The Morgan fingerprint density at radius 2 is 1.87 bits per heavy atom. The van der Waals surface area contributed by atoms with Crippen LogP contribution in [-0.4, -0.2) is 22.7 Å². The number of nitrogens with zero attached hydrogens (tertiary/aromatic N) is 2. The third kappa shape index (κ3) is 3.91. The molecular weight excluding hydrogens is 394 g/mol. The van der Waals surface area contributed by atoms with Gasteiger partial charge in [-0.3, -0.25) is 9.78 Å². The number of carbonyl (C=O) groups excluding carboxylic acids is 1. The molecule has 2 heterocycles. The lowest BCUT2D eigenvalue weighted by Crippen LogP contribution is -2.42. The minimum Gasteiger partial charge on any atom is -0.454 e. The lowest BCUT2D eigenvalue weighted by molar-refractivity contribution is -0.122. The van der Waals surface area contributed by atoms with Crippen LogP contribution in [-0.2, 0) is 10.2 Å². The Hall–Kier alpha value is -3.61. The standard InChI is InChI=1S/C24H23N3O4/c28-23(27-18-5-4-6-19(14-18)31-22-15-25-11-12-26-22)24(9-2-1-3-10-24)17-7-8-20-21(13-17)30-16-29-20/h4-8,11-15H,1-3,9-10,16H2,(H,27,28). The summed E-state index contributed by atoms with van der Waals surface area (Å²) in [7, 11) is 0. The van der Waals surface area contributed by atoms with Crippen molar-refractivity contribution in [3.05, 3.63) is 66.6 Å². The molecule has 2 aliphatic rings. The topological polar surface area (TPSA) is 82.6 Å². The fraction of sp³-hybridized carbons (Fsp3) is 0.292. The van der Waals surface area contributed by atoms with Gasteiger partial charge in [0.25, 0.3) is 0 Å². The molecular formula is C24H23N3O4. The van der Waals surface area contributed by atoms with Crippen LogP contribution in [0.1, 0.15) is 37.7 Å². The summed E-state index contributed by atoms with van der Waals surface area (Å²) in [6.07, 6.45) is 9.46. The smallest absolute Gasteiger partial charge is 0.237 e. The van der Waals surface area contributed by atoms with E-state index in [0.29, 0.717) is 23.1 Å². The zero-order valence-corrected chi connectivity index (χ0v) is 17.0. The van der Waals surface area contributed by atoms with Gasteiger partial charge in [0.05, 0.1) is 11.6 Å². The summed E-state index contributed by atoms with van der Waals surface area (Å²) in [5.74, 6) is 2.40. The quantitative estimate of drug-likeness (QED) is 0.640. The second-order valence-electron chi connectivity index (χ2n) is 7.84. The molecule has 1 N–H and O–H groups in total. The minimum absolute atomic E-state index is 0.0114. The van der Waals surface area contributed by atoms with Crippen LogP contribution < -0.4 is 19.5 Å². The van der Waals surface area contributed by atoms with Crippen LogP contribution in [0, 0.1) is 0 Å². The molecule has 0 unspecified atom stereocenters. The molecule has 1 saturated carbocycles. The molecule has 0 spiro atoms. The van der Waals surface area contributed by atoms with Crippen molar-refractivity contribution in [3.63, 3.8) is 0 Å². The van der Waals surface area contributed by atoms with Crippen molar-refractivity contribution in [2.24, 2.45) is 0 Å². The predicted molar refractivity (Wildman–Crippen MR) is 115 cm³/mol. The van der Waals surface area contributed by atoms with E-state index < -0.39 is 5.41 Å². The molecule has 1 aliphatic carbocycles. The van der Waals surface area contributed by atoms with Crippen LogP contribution in [0.4, 0.5) is 5.69 Å². The lowest BCUT2D eigenvalue weighted by atomic mass is 9.68. The van der Waals surface area contributed by atoms with E-state index in [1.165, 1.54) is 0 Å². The van der Waals surface area contributed by atoms with Gasteiger partial charge in [-0.25, -0.2) is 4.98 Å². The maximum absolute atomic E-state index is 13.6. The van der Waals surface area contributed by atoms with Crippen molar-refractivity contribution in [1.82, 2.24) is 9.97 Å². The summed E-state index contributed by atoms with van der Waals surface area (Å²) >= 11 is 0. The molecule has 7 nitrogen and oxygen atoms in total. The molecule has 1 amide bonds. The summed E-state index contributed by atoms with van der Waals surface area (Å²) in [6, 6.07) is 13.2. The zero-order chi connectivity index (χ0) is 21.1. The van der Waals surface area contributed by atoms with E-state index in [-0.39, 0.29) is 12.7 Å². The molecule has 5 rings (SSSR count). The molecule has 1 aromatic heterocycles. The van der Waals surface area contributed by atoms with Gasteiger partial charge in [-0.15, -0.1) is 0 Å². The summed E-state index contributed by atoms with van der Waals surface area (Å²) in [5, 5.41) is 3.12. The van der Waals surface area contributed by atoms with Gasteiger partial charge in [0.1, 0.15) is 5.75 Å². The maximum atomic E-state index is 13.6. The first-order valence-electron chi connectivity index (χ1n) is 10.5. The van der Waals surface area contributed by atoms with Crippen LogP contribution in [0.3, 0.4) is 0 Å². The van der Waals surface area contributed by atoms with Gasteiger partial charge in [0, 0.05) is 24.1 Å². The van der Waals surface area contributed by atoms with E-state index in [9.17, 15) is 4.79 Å². The zero-order valence-electron chi connectivity index (χ0n) is 17.0. The van der Waals surface area contributed by atoms with Crippen molar-refractivity contribution >= 4 is 11.6 Å². The molecule has 0 radical (unpaired) electrons. The van der Waals surface area contributed by atoms with Crippen molar-refractivity contribution in [2.45, 2.75) is 37.5 Å². The van der Waals surface area contributed by atoms with Crippen LogP contribution in [0.15, 0.2) is 61.1 Å². The van der Waals surface area contributed by atoms with E-state index in [1.54, 1.807) is 24.7 Å². The summed E-state index contributed by atoms with van der Waals surface area (Å²) in [6.45, 7) is 0.219. The fourth-order valence-corrected chi connectivity index (χ4v) is 4.34. The highest BCUT2D eigenvalue weighted by Gasteiger charge is 2.42.